The van der Waals surface area contributed by atoms with E-state index in [4.69, 9.17) is 11.6 Å². The molecule has 5 aromatic rings. The fraction of sp³-hybridized carbons (Fsp3) is 0.420. The van der Waals surface area contributed by atoms with Gasteiger partial charge in [0.2, 0.25) is 0 Å². The fourth-order valence-corrected chi connectivity index (χ4v) is 8.89. The number of aryl methyl sites for hydroxylation is 1. The number of hydrogen-bond donors (Lipinski definition) is 5. The highest BCUT2D eigenvalue weighted by atomic mass is 35.5. The first-order chi connectivity index (χ1) is 33.0. The van der Waals surface area contributed by atoms with E-state index in [1.807, 2.05) is 37.3 Å². The molecule has 4 amide bonds. The first-order valence-corrected chi connectivity index (χ1v) is 23.5. The summed E-state index contributed by atoms with van der Waals surface area (Å²) in [6.45, 7) is 3.31. The SMILES string of the molecule is CC[C@H](C[C@H](O)N1CCC[C@@H](Cc2ccc(F)cc2)C1)NC(=O)Nc1cccc(-c2nnnn2C)c1.O=C(CNC(=O)c1cccc(C(F)(F)F)c1)C[C@H]1CCCC[C@@H]1NC(=O)c1ccc(Cl)cc1. The Morgan fingerprint density at radius 1 is 0.884 bits per heavy atom. The van der Waals surface area contributed by atoms with Crippen molar-refractivity contribution in [1.29, 1.82) is 0 Å². The molecule has 19 heteroatoms. The summed E-state index contributed by atoms with van der Waals surface area (Å²) in [5, 5.41) is 34.2. The van der Waals surface area contributed by atoms with Crippen LogP contribution < -0.4 is 21.3 Å². The normalized spacial score (nSPS) is 18.2. The number of nitrogens with one attached hydrogen (secondary N) is 4. The van der Waals surface area contributed by atoms with Crippen LogP contribution in [0.5, 0.6) is 0 Å². The van der Waals surface area contributed by atoms with E-state index in [0.29, 0.717) is 40.9 Å². The van der Waals surface area contributed by atoms with E-state index in [1.54, 1.807) is 42.1 Å². The van der Waals surface area contributed by atoms with Gasteiger partial charge in [-0.3, -0.25) is 19.3 Å². The van der Waals surface area contributed by atoms with Crippen LogP contribution in [0.4, 0.5) is 28.0 Å². The maximum absolute atomic E-state index is 13.2. The highest BCUT2D eigenvalue weighted by molar-refractivity contribution is 6.30. The number of carbonyl (C=O) groups is 4. The standard InChI is InChI=1S/C26H34FN7O2.C24H24ClF3N2O3/c1-3-22(28-26(36)29-23-8-4-7-20(15-23)25-30-31-32-33(25)2)16-24(35)34-13-5-6-19(17-34)14-18-9-11-21(27)12-10-18;25-19-10-8-15(9-11-19)23(33)30-21-7-2-1-4-16(21)13-20(31)14-29-22(32)17-5-3-6-18(12-17)24(26,27)28/h4,7-12,15,19,22,24,35H,3,5-6,13-14,16-17H2,1-2H3,(H2,28,29,36);3,5-6,8-12,16,21H,1-2,4,7,13-14H2,(H,29,32)(H,30,33)/t19-,22+,24-;16-,21+/m01/s1. The van der Waals surface area contributed by atoms with E-state index < -0.39 is 23.9 Å². The molecule has 1 saturated heterocycles. The molecule has 69 heavy (non-hydrogen) atoms. The van der Waals surface area contributed by atoms with E-state index in [9.17, 15) is 41.8 Å². The van der Waals surface area contributed by atoms with Gasteiger partial charge in [-0.1, -0.05) is 61.7 Å². The number of alkyl halides is 3. The monoisotopic (exact) mass is 975 g/mol. The number of amides is 4. The summed E-state index contributed by atoms with van der Waals surface area (Å²) < 4.78 is 53.3. The van der Waals surface area contributed by atoms with Crippen LogP contribution in [0.15, 0.2) is 97.1 Å². The minimum atomic E-state index is -4.56. The van der Waals surface area contributed by atoms with Crippen LogP contribution in [0.25, 0.3) is 11.4 Å². The van der Waals surface area contributed by atoms with Crippen LogP contribution in [0, 0.1) is 17.7 Å². The molecular weight excluding hydrogens is 918 g/mol. The van der Waals surface area contributed by atoms with Crippen molar-refractivity contribution in [2.45, 2.75) is 95.6 Å². The van der Waals surface area contributed by atoms with Crippen molar-refractivity contribution in [3.63, 3.8) is 0 Å². The van der Waals surface area contributed by atoms with Crippen LogP contribution in [0.2, 0.25) is 5.02 Å². The zero-order valence-corrected chi connectivity index (χ0v) is 39.3. The summed E-state index contributed by atoms with van der Waals surface area (Å²) in [5.74, 6) is -0.517. The molecule has 0 bridgehead atoms. The number of nitrogens with zero attached hydrogens (tertiary/aromatic N) is 5. The molecule has 1 saturated carbocycles. The molecule has 0 spiro atoms. The lowest BCUT2D eigenvalue weighted by molar-refractivity contribution is -0.137. The molecule has 1 aliphatic heterocycles. The number of anilines is 1. The highest BCUT2D eigenvalue weighted by Crippen LogP contribution is 2.30. The Morgan fingerprint density at radius 2 is 1.62 bits per heavy atom. The number of urea groups is 1. The van der Waals surface area contributed by atoms with Gasteiger partial charge in [0.1, 0.15) is 12.0 Å². The molecule has 0 radical (unpaired) electrons. The van der Waals surface area contributed by atoms with Gasteiger partial charge in [0.15, 0.2) is 11.6 Å². The predicted molar refractivity (Wildman–Crippen MR) is 254 cm³/mol. The molecule has 5 atom stereocenters. The van der Waals surface area contributed by atoms with Gasteiger partial charge >= 0.3 is 12.2 Å². The van der Waals surface area contributed by atoms with E-state index in [0.717, 1.165) is 87.4 Å². The molecule has 2 heterocycles. The molecule has 1 aliphatic carbocycles. The number of ketones is 1. The Morgan fingerprint density at radius 3 is 2.33 bits per heavy atom. The average Bonchev–Trinajstić information content (AvgIpc) is 3.77. The molecule has 14 nitrogen and oxygen atoms in total. The first-order valence-electron chi connectivity index (χ1n) is 23.1. The molecule has 5 N–H and O–H groups in total. The predicted octanol–water partition coefficient (Wildman–Crippen LogP) is 8.62. The zero-order valence-electron chi connectivity index (χ0n) is 38.5. The number of halogens is 5. The van der Waals surface area contributed by atoms with E-state index in [2.05, 4.69) is 41.7 Å². The zero-order chi connectivity index (χ0) is 49.5. The molecule has 2 fully saturated rings. The number of Topliss-reactive ketones (excluding diaryl/α,β-unsaturated/α-hetero) is 1. The minimum absolute atomic E-state index is 0.0760. The van der Waals surface area contributed by atoms with E-state index in [1.165, 1.54) is 18.2 Å². The molecule has 0 unspecified atom stereocenters. The quantitative estimate of drug-likeness (QED) is 0.0605. The number of aromatic nitrogens is 4. The number of aliphatic hydroxyl groups excluding tert-OH is 1. The number of likely N-dealkylation sites (tertiary alicyclic amines) is 1. The van der Waals surface area contributed by atoms with Crippen LogP contribution in [0.3, 0.4) is 0 Å². The van der Waals surface area contributed by atoms with Gasteiger partial charge < -0.3 is 26.4 Å². The van der Waals surface area contributed by atoms with Gasteiger partial charge in [-0.15, -0.1) is 5.10 Å². The first kappa shape index (κ1) is 52.1. The number of benzene rings is 4. The largest absolute Gasteiger partial charge is 0.416 e. The second kappa shape index (κ2) is 24.9. The minimum Gasteiger partial charge on any atom is -0.378 e. The molecule has 1 aromatic heterocycles. The van der Waals surface area contributed by atoms with E-state index in [-0.39, 0.29) is 60.1 Å². The smallest absolute Gasteiger partial charge is 0.378 e. The summed E-state index contributed by atoms with van der Waals surface area (Å²) in [7, 11) is 1.76. The third-order valence-electron chi connectivity index (χ3n) is 12.5. The van der Waals surface area contributed by atoms with Gasteiger partial charge in [0, 0.05) is 72.5 Å². The number of piperidine rings is 1. The van der Waals surface area contributed by atoms with Gasteiger partial charge in [-0.05, 0) is 133 Å². The number of tetrazole rings is 1. The van der Waals surface area contributed by atoms with Crippen molar-refractivity contribution in [3.05, 3.63) is 130 Å². The number of hydrogen-bond acceptors (Lipinski definition) is 9. The Labute approximate surface area is 403 Å². The van der Waals surface area contributed by atoms with Crippen LogP contribution >= 0.6 is 11.6 Å². The maximum Gasteiger partial charge on any atom is 0.416 e. The highest BCUT2D eigenvalue weighted by Gasteiger charge is 2.32. The van der Waals surface area contributed by atoms with Crippen molar-refractivity contribution in [1.82, 2.24) is 41.1 Å². The van der Waals surface area contributed by atoms with Crippen molar-refractivity contribution < 1.29 is 41.8 Å². The van der Waals surface area contributed by atoms with Crippen molar-refractivity contribution in [3.8, 4) is 11.4 Å². The van der Waals surface area contributed by atoms with Gasteiger partial charge in [0.25, 0.3) is 11.8 Å². The maximum atomic E-state index is 13.2. The van der Waals surface area contributed by atoms with Gasteiger partial charge in [0.05, 0.1) is 12.1 Å². The topological polar surface area (TPSA) is 183 Å². The number of aliphatic hydroxyl groups is 1. The van der Waals surface area contributed by atoms with Crippen molar-refractivity contribution in [2.75, 3.05) is 25.0 Å². The van der Waals surface area contributed by atoms with Crippen LogP contribution in [0.1, 0.15) is 96.6 Å². The summed E-state index contributed by atoms with van der Waals surface area (Å²) >= 11 is 5.86. The van der Waals surface area contributed by atoms with E-state index >= 15 is 0 Å². The number of carbonyl (C=O) groups excluding carboxylic acids is 4. The lowest BCUT2D eigenvalue weighted by Crippen LogP contribution is -2.47. The third-order valence-corrected chi connectivity index (χ3v) is 12.7. The lowest BCUT2D eigenvalue weighted by atomic mass is 9.81. The Bertz CT molecular complexity index is 2490. The Balaban J connectivity index is 0.000000228. The second-order valence-electron chi connectivity index (χ2n) is 17.6. The van der Waals surface area contributed by atoms with Crippen molar-refractivity contribution >= 4 is 40.9 Å². The third kappa shape index (κ3) is 15.9. The summed E-state index contributed by atoms with van der Waals surface area (Å²) in [5.41, 5.74) is 1.92. The van der Waals surface area contributed by atoms with Gasteiger partial charge in [-0.2, -0.15) is 13.2 Å². The second-order valence-corrected chi connectivity index (χ2v) is 18.0. The Hall–Kier alpha value is -6.24. The summed E-state index contributed by atoms with van der Waals surface area (Å²) in [6, 6.07) is 23.9. The summed E-state index contributed by atoms with van der Waals surface area (Å²) in [6.07, 6.45) is 2.43. The molecule has 368 valence electrons. The van der Waals surface area contributed by atoms with Gasteiger partial charge in [-0.25, -0.2) is 13.9 Å². The molecule has 2 aliphatic rings. The van der Waals surface area contributed by atoms with Crippen LogP contribution in [-0.2, 0) is 24.4 Å². The number of rotatable bonds is 16. The Kier molecular flexibility index (Phi) is 18.8. The fourth-order valence-electron chi connectivity index (χ4n) is 8.76. The van der Waals surface area contributed by atoms with Crippen LogP contribution in [-0.4, -0.2) is 91.8 Å². The molecule has 4 aromatic carbocycles. The molecular formula is C50H58ClF4N9O5. The molecule has 7 rings (SSSR count). The lowest BCUT2D eigenvalue weighted by Gasteiger charge is -2.37. The summed E-state index contributed by atoms with van der Waals surface area (Å²) in [4.78, 5) is 52.0. The van der Waals surface area contributed by atoms with Crippen molar-refractivity contribution in [2.24, 2.45) is 18.9 Å². The average molecular weight is 977 g/mol.